The van der Waals surface area contributed by atoms with Gasteiger partial charge in [-0.2, -0.15) is 0 Å². The molecule has 1 rings (SSSR count). The predicted octanol–water partition coefficient (Wildman–Crippen LogP) is 2.58. The van der Waals surface area contributed by atoms with Crippen molar-refractivity contribution in [3.63, 3.8) is 0 Å². The van der Waals surface area contributed by atoms with E-state index in [2.05, 4.69) is 49.8 Å². The summed E-state index contributed by atoms with van der Waals surface area (Å²) in [6, 6.07) is 0. The fraction of sp³-hybridized carbons (Fsp3) is 0.455. The van der Waals surface area contributed by atoms with Gasteiger partial charge in [-0.05, 0) is 28.9 Å². The summed E-state index contributed by atoms with van der Waals surface area (Å²) < 4.78 is 4.32. The van der Waals surface area contributed by atoms with E-state index >= 15 is 0 Å². The molecular formula is C11H18IN3. The summed E-state index contributed by atoms with van der Waals surface area (Å²) in [4.78, 5) is 6.76. The van der Waals surface area contributed by atoms with Gasteiger partial charge in [-0.25, -0.2) is 4.98 Å². The van der Waals surface area contributed by atoms with Crippen LogP contribution < -0.4 is 5.32 Å². The van der Waals surface area contributed by atoms with E-state index in [1.54, 1.807) is 0 Å². The number of halogens is 1. The van der Waals surface area contributed by atoms with Crippen LogP contribution in [-0.4, -0.2) is 25.0 Å². The minimum absolute atomic E-state index is 0.229. The molecular weight excluding hydrogens is 301 g/mol. The third-order valence-corrected chi connectivity index (χ3v) is 3.34. The average Bonchev–Trinajstić information content (AvgIpc) is 2.48. The van der Waals surface area contributed by atoms with Gasteiger partial charge in [-0.15, -0.1) is 20.7 Å². The van der Waals surface area contributed by atoms with E-state index in [0.29, 0.717) is 0 Å². The highest BCUT2D eigenvalue weighted by Gasteiger charge is 2.06. The van der Waals surface area contributed by atoms with Crippen molar-refractivity contribution in [3.05, 3.63) is 17.5 Å². The number of nitrogens with one attached hydrogen (secondary N) is 1. The molecule has 0 spiro atoms. The van der Waals surface area contributed by atoms with Crippen LogP contribution >= 0.6 is 20.7 Å². The van der Waals surface area contributed by atoms with Crippen molar-refractivity contribution >= 4 is 36.8 Å². The van der Waals surface area contributed by atoms with Crippen LogP contribution in [0, 0.1) is 6.92 Å². The lowest BCUT2D eigenvalue weighted by molar-refractivity contribution is 0.871. The van der Waals surface area contributed by atoms with Crippen LogP contribution in [0.5, 0.6) is 0 Å². The molecule has 0 radical (unpaired) electrons. The Morgan fingerprint density at radius 3 is 2.87 bits per heavy atom. The van der Waals surface area contributed by atoms with Crippen molar-refractivity contribution in [1.29, 1.82) is 0 Å². The Kier molecular flexibility index (Phi) is 5.01. The molecule has 1 aromatic rings. The van der Waals surface area contributed by atoms with E-state index in [1.165, 1.54) is 5.69 Å². The number of alkyl halides is 1. The summed E-state index contributed by atoms with van der Waals surface area (Å²) in [7, 11) is 2.04. The van der Waals surface area contributed by atoms with Gasteiger partial charge in [0.1, 0.15) is 0 Å². The van der Waals surface area contributed by atoms with Gasteiger partial charge in [0.05, 0.1) is 5.69 Å². The number of hydrogen-bond acceptors (Lipinski definition) is 2. The Bertz CT molecular complexity index is 377. The molecule has 0 saturated carbocycles. The van der Waals surface area contributed by atoms with Gasteiger partial charge >= 0.3 is 0 Å². The smallest absolute Gasteiger partial charge is 0.203 e. The topological polar surface area (TPSA) is 29.9 Å². The molecule has 0 aliphatic heterocycles. The highest BCUT2D eigenvalue weighted by molar-refractivity contribution is 14.2. The Hall–Kier alpha value is -0.650. The van der Waals surface area contributed by atoms with Crippen molar-refractivity contribution in [2.24, 2.45) is 7.05 Å². The maximum absolute atomic E-state index is 4.53. The Morgan fingerprint density at radius 2 is 2.27 bits per heavy atom. The Morgan fingerprint density at radius 1 is 1.53 bits per heavy atom. The average molecular weight is 319 g/mol. The summed E-state index contributed by atoms with van der Waals surface area (Å²) in [5.41, 5.74) is 2.26. The first-order valence-corrected chi connectivity index (χ1v) is 8.36. The second-order valence-electron chi connectivity index (χ2n) is 3.20. The monoisotopic (exact) mass is 319 g/mol. The van der Waals surface area contributed by atoms with E-state index in [9.17, 15) is 0 Å². The van der Waals surface area contributed by atoms with Crippen molar-refractivity contribution in [2.75, 3.05) is 16.8 Å². The molecule has 0 atom stereocenters. The lowest BCUT2D eigenvalue weighted by Gasteiger charge is -2.02. The van der Waals surface area contributed by atoms with Gasteiger partial charge in [-0.3, -0.25) is 0 Å². The zero-order valence-corrected chi connectivity index (χ0v) is 11.9. The van der Waals surface area contributed by atoms with Gasteiger partial charge in [-0.1, -0.05) is 6.08 Å². The first-order chi connectivity index (χ1) is 7.20. The SMILES string of the molecule is CCNc1nc(/C=C\C=IC)c(C)n1C. The van der Waals surface area contributed by atoms with E-state index in [4.69, 9.17) is 0 Å². The van der Waals surface area contributed by atoms with E-state index < -0.39 is 0 Å². The van der Waals surface area contributed by atoms with E-state index in [-0.39, 0.29) is 20.7 Å². The molecule has 0 unspecified atom stereocenters. The number of imidazole rings is 1. The van der Waals surface area contributed by atoms with E-state index in [1.807, 2.05) is 7.05 Å². The Balaban J connectivity index is 2.94. The minimum Gasteiger partial charge on any atom is -0.356 e. The summed E-state index contributed by atoms with van der Waals surface area (Å²) in [5.74, 6) is 0.945. The van der Waals surface area contributed by atoms with E-state index in [0.717, 1.165) is 18.2 Å². The molecule has 1 N–H and O–H groups in total. The fourth-order valence-electron chi connectivity index (χ4n) is 1.28. The maximum Gasteiger partial charge on any atom is 0.203 e. The summed E-state index contributed by atoms with van der Waals surface area (Å²) in [6.07, 6.45) is 4.19. The highest BCUT2D eigenvalue weighted by Crippen LogP contribution is 2.14. The van der Waals surface area contributed by atoms with Gasteiger partial charge < -0.3 is 9.88 Å². The second kappa shape index (κ2) is 6.05. The van der Waals surface area contributed by atoms with Crippen LogP contribution in [0.4, 0.5) is 5.95 Å². The fourth-order valence-corrected chi connectivity index (χ4v) is 1.90. The quantitative estimate of drug-likeness (QED) is 0.683. The maximum atomic E-state index is 4.53. The van der Waals surface area contributed by atoms with Crippen LogP contribution in [0.3, 0.4) is 0 Å². The van der Waals surface area contributed by atoms with Crippen molar-refractivity contribution in [1.82, 2.24) is 9.55 Å². The van der Waals surface area contributed by atoms with Crippen molar-refractivity contribution < 1.29 is 0 Å². The third-order valence-electron chi connectivity index (χ3n) is 2.21. The standard InChI is InChI=1S/C11H18IN3/c1-5-13-11-14-10(7-6-8-12-3)9(2)15(11)4/h6-8H,5H2,1-4H3,(H,13,14)/b7-6-. The molecule has 0 fully saturated rings. The summed E-state index contributed by atoms with van der Waals surface area (Å²) in [6.45, 7) is 5.07. The van der Waals surface area contributed by atoms with Crippen LogP contribution in [-0.2, 0) is 7.05 Å². The second-order valence-corrected chi connectivity index (χ2v) is 5.16. The molecule has 0 amide bonds. The summed E-state index contributed by atoms with van der Waals surface area (Å²) in [5, 5.41) is 3.24. The number of nitrogens with zero attached hydrogens (tertiary/aromatic N) is 2. The normalized spacial score (nSPS) is 12.3. The number of allylic oxidation sites excluding steroid dienone is 1. The number of rotatable bonds is 4. The summed E-state index contributed by atoms with van der Waals surface area (Å²) >= 11 is 0.229. The molecule has 15 heavy (non-hydrogen) atoms. The molecule has 4 heteroatoms. The molecule has 1 heterocycles. The largest absolute Gasteiger partial charge is 0.356 e. The molecule has 1 aromatic heterocycles. The van der Waals surface area contributed by atoms with Crippen LogP contribution in [0.25, 0.3) is 6.08 Å². The molecule has 3 nitrogen and oxygen atoms in total. The van der Waals surface area contributed by atoms with Gasteiger partial charge in [0.25, 0.3) is 0 Å². The molecule has 84 valence electrons. The van der Waals surface area contributed by atoms with Crippen LogP contribution in [0.2, 0.25) is 0 Å². The number of aromatic nitrogens is 2. The van der Waals surface area contributed by atoms with Gasteiger partial charge in [0, 0.05) is 19.3 Å². The minimum atomic E-state index is 0.229. The van der Waals surface area contributed by atoms with Gasteiger partial charge in [0.2, 0.25) is 5.95 Å². The molecule has 0 bridgehead atoms. The zero-order valence-electron chi connectivity index (χ0n) is 9.71. The van der Waals surface area contributed by atoms with Crippen molar-refractivity contribution in [3.8, 4) is 0 Å². The molecule has 0 aromatic carbocycles. The Labute approximate surface area is 101 Å². The lowest BCUT2D eigenvalue weighted by Crippen LogP contribution is -2.04. The first-order valence-electron chi connectivity index (χ1n) is 4.95. The van der Waals surface area contributed by atoms with Crippen LogP contribution in [0.15, 0.2) is 6.08 Å². The predicted molar refractivity (Wildman–Crippen MR) is 77.2 cm³/mol. The van der Waals surface area contributed by atoms with Gasteiger partial charge in [0.15, 0.2) is 0 Å². The first kappa shape index (κ1) is 12.4. The molecule has 0 aliphatic rings. The number of anilines is 1. The highest BCUT2D eigenvalue weighted by atomic mass is 127. The van der Waals surface area contributed by atoms with Crippen molar-refractivity contribution in [2.45, 2.75) is 13.8 Å². The molecule has 0 saturated heterocycles. The molecule has 0 aliphatic carbocycles. The zero-order chi connectivity index (χ0) is 11.3. The van der Waals surface area contributed by atoms with Crippen LogP contribution in [0.1, 0.15) is 18.3 Å². The third kappa shape index (κ3) is 3.15. The number of hydrogen-bond donors (Lipinski definition) is 1. The lowest BCUT2D eigenvalue weighted by atomic mass is 10.3.